The third kappa shape index (κ3) is 2.28. The van der Waals surface area contributed by atoms with E-state index >= 15 is 0 Å². The molecular weight excluding hydrogens is 250 g/mol. The molecule has 7 heteroatoms. The van der Waals surface area contributed by atoms with Crippen molar-refractivity contribution in [1.82, 2.24) is 4.90 Å². The van der Waals surface area contributed by atoms with Gasteiger partial charge >= 0.3 is 0 Å². The lowest BCUT2D eigenvalue weighted by Gasteiger charge is -2.48. The number of amides is 1. The molecule has 0 spiro atoms. The molecule has 0 aromatic heterocycles. The van der Waals surface area contributed by atoms with Crippen LogP contribution in [0.5, 0.6) is 0 Å². The number of carbonyl (C=O) groups excluding carboxylic acids is 1. The summed E-state index contributed by atoms with van der Waals surface area (Å²) in [5.74, 6) is 0.180. The number of amidine groups is 1. The number of hydrogen-bond donors (Lipinski definition) is 3. The maximum Gasteiger partial charge on any atom is 0.237 e. The van der Waals surface area contributed by atoms with Crippen molar-refractivity contribution in [2.24, 2.45) is 22.2 Å². The quantitative estimate of drug-likeness (QED) is 0.274. The Labute approximate surface area is 112 Å². The van der Waals surface area contributed by atoms with E-state index in [9.17, 15) is 9.90 Å². The van der Waals surface area contributed by atoms with Crippen molar-refractivity contribution in [3.8, 4) is 0 Å². The zero-order valence-corrected chi connectivity index (χ0v) is 11.1. The Morgan fingerprint density at radius 1 is 1.58 bits per heavy atom. The smallest absolute Gasteiger partial charge is 0.237 e. The van der Waals surface area contributed by atoms with Gasteiger partial charge < -0.3 is 25.7 Å². The van der Waals surface area contributed by atoms with Crippen molar-refractivity contribution in [2.75, 3.05) is 26.4 Å². The second kappa shape index (κ2) is 5.34. The van der Waals surface area contributed by atoms with E-state index in [1.807, 2.05) is 6.92 Å². The van der Waals surface area contributed by atoms with Crippen LogP contribution in [-0.4, -0.2) is 59.4 Å². The zero-order valence-electron chi connectivity index (χ0n) is 11.1. The second-order valence-electron chi connectivity index (χ2n) is 5.49. The monoisotopic (exact) mass is 271 g/mol. The van der Waals surface area contributed by atoms with Crippen molar-refractivity contribution in [2.45, 2.75) is 25.8 Å². The van der Waals surface area contributed by atoms with Gasteiger partial charge in [-0.1, -0.05) is 12.1 Å². The number of nitrogens with zero attached hydrogens (tertiary/aromatic N) is 2. The van der Waals surface area contributed by atoms with E-state index in [0.717, 1.165) is 0 Å². The number of ether oxygens (including phenoxy) is 1. The molecule has 1 atom stereocenters. The van der Waals surface area contributed by atoms with Crippen molar-refractivity contribution in [1.29, 1.82) is 0 Å². The van der Waals surface area contributed by atoms with E-state index in [-0.39, 0.29) is 24.4 Å². The maximum absolute atomic E-state index is 12.7. The molecule has 1 unspecified atom stereocenters. The van der Waals surface area contributed by atoms with Crippen LogP contribution in [0.2, 0.25) is 0 Å². The molecule has 19 heavy (non-hydrogen) atoms. The molecule has 1 amide bonds. The molecule has 4 N–H and O–H groups in total. The second-order valence-corrected chi connectivity index (χ2v) is 5.49. The van der Waals surface area contributed by atoms with Gasteiger partial charge in [-0.15, -0.1) is 0 Å². The van der Waals surface area contributed by atoms with Gasteiger partial charge in [0, 0.05) is 6.54 Å². The summed E-state index contributed by atoms with van der Waals surface area (Å²) >= 11 is 0. The fourth-order valence-electron chi connectivity index (χ4n) is 3.07. The van der Waals surface area contributed by atoms with E-state index in [0.29, 0.717) is 38.5 Å². The molecule has 1 aliphatic heterocycles. The maximum atomic E-state index is 12.7. The molecule has 0 aromatic rings. The van der Waals surface area contributed by atoms with Gasteiger partial charge in [-0.25, -0.2) is 0 Å². The molecule has 2 fully saturated rings. The molecule has 1 saturated heterocycles. The van der Waals surface area contributed by atoms with Gasteiger partial charge in [0.25, 0.3) is 0 Å². The Bertz CT molecular complexity index is 379. The van der Waals surface area contributed by atoms with Gasteiger partial charge in [0.05, 0.1) is 25.9 Å². The largest absolute Gasteiger partial charge is 0.409 e. The summed E-state index contributed by atoms with van der Waals surface area (Å²) in [5.41, 5.74) is 4.82. The number of nitrogens with two attached hydrogens (primary N) is 1. The fraction of sp³-hybridized carbons (Fsp3) is 0.833. The zero-order chi connectivity index (χ0) is 14.0. The standard InChI is InChI=1S/C12H21N3O4/c1-8-4-12(5-8,10(13)14-18)11(17)15-2-3-19-7-9(15)6-16/h8-9,16,18H,2-7H2,1H3,(H2,13,14). The molecule has 2 rings (SSSR count). The lowest BCUT2D eigenvalue weighted by atomic mass is 9.61. The normalized spacial score (nSPS) is 35.9. The van der Waals surface area contributed by atoms with Gasteiger partial charge in [0.2, 0.25) is 5.91 Å². The van der Waals surface area contributed by atoms with E-state index in [2.05, 4.69) is 5.16 Å². The van der Waals surface area contributed by atoms with Crippen molar-refractivity contribution in [3.63, 3.8) is 0 Å². The molecule has 0 bridgehead atoms. The van der Waals surface area contributed by atoms with Crippen LogP contribution in [0.4, 0.5) is 0 Å². The van der Waals surface area contributed by atoms with Crippen LogP contribution in [0.15, 0.2) is 5.16 Å². The summed E-state index contributed by atoms with van der Waals surface area (Å²) < 4.78 is 5.26. The summed E-state index contributed by atoms with van der Waals surface area (Å²) in [4.78, 5) is 14.3. The van der Waals surface area contributed by atoms with Crippen LogP contribution in [0, 0.1) is 11.3 Å². The molecule has 1 aliphatic carbocycles. The van der Waals surface area contributed by atoms with Gasteiger partial charge in [0.15, 0.2) is 5.84 Å². The Morgan fingerprint density at radius 2 is 2.26 bits per heavy atom. The van der Waals surface area contributed by atoms with Gasteiger partial charge in [-0.2, -0.15) is 0 Å². The Hall–Kier alpha value is -1.34. The van der Waals surface area contributed by atoms with Crippen molar-refractivity contribution < 1.29 is 19.8 Å². The average molecular weight is 271 g/mol. The highest BCUT2D eigenvalue weighted by Crippen LogP contribution is 2.47. The summed E-state index contributed by atoms with van der Waals surface area (Å²) in [6.45, 7) is 3.08. The number of aliphatic hydroxyl groups is 1. The highest BCUT2D eigenvalue weighted by Gasteiger charge is 2.54. The predicted molar refractivity (Wildman–Crippen MR) is 67.6 cm³/mol. The van der Waals surface area contributed by atoms with E-state index in [1.54, 1.807) is 4.90 Å². The van der Waals surface area contributed by atoms with E-state index in [1.165, 1.54) is 0 Å². The minimum absolute atomic E-state index is 0.0289. The molecule has 1 heterocycles. The van der Waals surface area contributed by atoms with Crippen LogP contribution in [0.1, 0.15) is 19.8 Å². The number of aliphatic hydroxyl groups excluding tert-OH is 1. The van der Waals surface area contributed by atoms with Crippen LogP contribution in [0.25, 0.3) is 0 Å². The molecule has 1 saturated carbocycles. The number of morpholine rings is 1. The highest BCUT2D eigenvalue weighted by atomic mass is 16.5. The molecule has 108 valence electrons. The summed E-state index contributed by atoms with van der Waals surface area (Å²) in [5, 5.41) is 21.3. The van der Waals surface area contributed by atoms with Crippen molar-refractivity contribution in [3.05, 3.63) is 0 Å². The first kappa shape index (κ1) is 14.1. The number of oxime groups is 1. The minimum atomic E-state index is -0.904. The fourth-order valence-corrected chi connectivity index (χ4v) is 3.07. The van der Waals surface area contributed by atoms with Crippen molar-refractivity contribution >= 4 is 11.7 Å². The predicted octanol–water partition coefficient (Wildman–Crippen LogP) is -0.631. The first-order valence-corrected chi connectivity index (χ1v) is 6.53. The number of hydrogen-bond acceptors (Lipinski definition) is 5. The van der Waals surface area contributed by atoms with Crippen LogP contribution < -0.4 is 5.73 Å². The number of carbonyl (C=O) groups is 1. The van der Waals surface area contributed by atoms with E-state index < -0.39 is 5.41 Å². The van der Waals surface area contributed by atoms with Crippen LogP contribution in [0.3, 0.4) is 0 Å². The third-order valence-corrected chi connectivity index (χ3v) is 4.10. The molecular formula is C12H21N3O4. The SMILES string of the molecule is CC1CC(C(=O)N2CCOCC2CO)(C(N)=NO)C1. The molecule has 0 radical (unpaired) electrons. The summed E-state index contributed by atoms with van der Waals surface area (Å²) in [6.07, 6.45) is 1.16. The first-order valence-electron chi connectivity index (χ1n) is 6.53. The van der Waals surface area contributed by atoms with E-state index in [4.69, 9.17) is 15.7 Å². The Morgan fingerprint density at radius 3 is 2.79 bits per heavy atom. The lowest BCUT2D eigenvalue weighted by molar-refractivity contribution is -0.154. The highest BCUT2D eigenvalue weighted by molar-refractivity contribution is 6.07. The van der Waals surface area contributed by atoms with Gasteiger partial charge in [0.1, 0.15) is 5.41 Å². The van der Waals surface area contributed by atoms with Crippen LogP contribution >= 0.6 is 0 Å². The lowest BCUT2D eigenvalue weighted by Crippen LogP contribution is -2.62. The van der Waals surface area contributed by atoms with Gasteiger partial charge in [-0.05, 0) is 18.8 Å². The molecule has 2 aliphatic rings. The average Bonchev–Trinajstić information content (AvgIpc) is 2.41. The minimum Gasteiger partial charge on any atom is -0.409 e. The van der Waals surface area contributed by atoms with Gasteiger partial charge in [-0.3, -0.25) is 4.79 Å². The Kier molecular flexibility index (Phi) is 3.96. The molecule has 7 nitrogen and oxygen atoms in total. The topological polar surface area (TPSA) is 108 Å². The van der Waals surface area contributed by atoms with Crippen LogP contribution in [-0.2, 0) is 9.53 Å². The summed E-state index contributed by atoms with van der Waals surface area (Å²) in [7, 11) is 0. The summed E-state index contributed by atoms with van der Waals surface area (Å²) in [6, 6.07) is -0.347. The first-order chi connectivity index (χ1) is 9.05. The third-order valence-electron chi connectivity index (χ3n) is 4.10. The number of rotatable bonds is 3. The Balaban J connectivity index is 2.20. The molecule has 0 aromatic carbocycles.